The second-order valence-electron chi connectivity index (χ2n) is 6.64. The normalized spacial score (nSPS) is 11.7. The predicted molar refractivity (Wildman–Crippen MR) is 109 cm³/mol. The van der Waals surface area contributed by atoms with Gasteiger partial charge >= 0.3 is 0 Å². The van der Waals surface area contributed by atoms with Gasteiger partial charge in [-0.25, -0.2) is 4.98 Å². The number of nitriles is 1. The summed E-state index contributed by atoms with van der Waals surface area (Å²) in [7, 11) is 0. The zero-order chi connectivity index (χ0) is 19.9. The van der Waals surface area contributed by atoms with E-state index in [4.69, 9.17) is 0 Å². The number of aliphatic hydroxyl groups is 1. The number of hydrogen-bond donors (Lipinski definition) is 3. The molecule has 0 aliphatic rings. The summed E-state index contributed by atoms with van der Waals surface area (Å²) in [6.45, 7) is 3.99. The summed E-state index contributed by atoms with van der Waals surface area (Å²) in [5.41, 5.74) is 2.51. The summed E-state index contributed by atoms with van der Waals surface area (Å²) in [5, 5.41) is 25.3. The number of rotatable bonds is 7. The second kappa shape index (κ2) is 8.93. The molecule has 0 radical (unpaired) electrons. The topological polar surface area (TPSA) is 107 Å². The summed E-state index contributed by atoms with van der Waals surface area (Å²) < 4.78 is 0. The Labute approximate surface area is 164 Å². The van der Waals surface area contributed by atoms with Crippen LogP contribution in [0.1, 0.15) is 19.4 Å². The first-order valence-electron chi connectivity index (χ1n) is 9.04. The van der Waals surface area contributed by atoms with E-state index < -0.39 is 0 Å². The lowest BCUT2D eigenvalue weighted by Crippen LogP contribution is -2.30. The summed E-state index contributed by atoms with van der Waals surface area (Å²) in [6.07, 6.45) is 1.70. The minimum atomic E-state index is -0.182. The molecule has 0 saturated carbocycles. The summed E-state index contributed by atoms with van der Waals surface area (Å²) >= 11 is 0. The number of aliphatic hydroxyl groups excluding tert-OH is 1. The molecule has 0 amide bonds. The molecule has 2 aromatic heterocycles. The van der Waals surface area contributed by atoms with Crippen molar-refractivity contribution in [3.8, 4) is 17.5 Å². The van der Waals surface area contributed by atoms with Gasteiger partial charge in [-0.05, 0) is 30.2 Å². The Balaban J connectivity index is 2.01. The van der Waals surface area contributed by atoms with E-state index >= 15 is 0 Å². The number of benzene rings is 1. The highest BCUT2D eigenvalue weighted by molar-refractivity contribution is 5.68. The van der Waals surface area contributed by atoms with E-state index in [2.05, 4.69) is 31.7 Å². The van der Waals surface area contributed by atoms with Gasteiger partial charge in [0.25, 0.3) is 0 Å². The highest BCUT2D eigenvalue weighted by Crippen LogP contribution is 2.24. The maximum Gasteiger partial charge on any atom is 0.225 e. The van der Waals surface area contributed by atoms with E-state index in [0.717, 1.165) is 0 Å². The average Bonchev–Trinajstić information content (AvgIpc) is 2.72. The van der Waals surface area contributed by atoms with Gasteiger partial charge < -0.3 is 15.7 Å². The van der Waals surface area contributed by atoms with Crippen molar-refractivity contribution in [3.05, 3.63) is 60.3 Å². The molecule has 3 rings (SSSR count). The van der Waals surface area contributed by atoms with E-state index in [1.165, 1.54) is 0 Å². The van der Waals surface area contributed by atoms with Crippen LogP contribution in [0.15, 0.2) is 54.7 Å². The van der Waals surface area contributed by atoms with E-state index in [0.29, 0.717) is 34.4 Å². The van der Waals surface area contributed by atoms with Crippen LogP contribution >= 0.6 is 0 Å². The van der Waals surface area contributed by atoms with Crippen LogP contribution < -0.4 is 10.6 Å². The molecule has 0 fully saturated rings. The van der Waals surface area contributed by atoms with Gasteiger partial charge in [0.1, 0.15) is 11.9 Å². The van der Waals surface area contributed by atoms with E-state index in [-0.39, 0.29) is 18.6 Å². The molecule has 1 aromatic carbocycles. The molecule has 0 spiro atoms. The molecule has 7 heteroatoms. The van der Waals surface area contributed by atoms with Gasteiger partial charge in [0.2, 0.25) is 5.95 Å². The van der Waals surface area contributed by atoms with Crippen LogP contribution in [0.5, 0.6) is 0 Å². The third-order valence-corrected chi connectivity index (χ3v) is 4.28. The molecular weight excluding hydrogens is 352 g/mol. The molecule has 0 unspecified atom stereocenters. The van der Waals surface area contributed by atoms with E-state index in [9.17, 15) is 10.4 Å². The quantitative estimate of drug-likeness (QED) is 0.580. The molecule has 0 bridgehead atoms. The Morgan fingerprint density at radius 2 is 1.86 bits per heavy atom. The number of pyridine rings is 1. The minimum absolute atomic E-state index is 0.0329. The van der Waals surface area contributed by atoms with E-state index in [1.54, 1.807) is 18.3 Å². The SMILES string of the molecule is CC(C)[C@H](CO)Nc1nc(Nc2ccccc2C#N)cc(-c2ccccn2)n1. The lowest BCUT2D eigenvalue weighted by molar-refractivity contribution is 0.248. The Morgan fingerprint density at radius 3 is 2.54 bits per heavy atom. The number of aromatic nitrogens is 3. The van der Waals surface area contributed by atoms with Crippen molar-refractivity contribution < 1.29 is 5.11 Å². The molecule has 142 valence electrons. The fourth-order valence-corrected chi connectivity index (χ4v) is 2.64. The maximum absolute atomic E-state index is 9.63. The molecule has 0 aliphatic heterocycles. The molecule has 0 aliphatic carbocycles. The lowest BCUT2D eigenvalue weighted by Gasteiger charge is -2.20. The standard InChI is InChI=1S/C21H22N6O/c1-14(2)19(13-28)26-21-25-18(17-9-5-6-10-23-17)11-20(27-21)24-16-8-4-3-7-15(16)12-22/h3-11,14,19,28H,13H2,1-2H3,(H2,24,25,26,27)/t19-/m0/s1. The largest absolute Gasteiger partial charge is 0.394 e. The maximum atomic E-state index is 9.63. The van der Waals surface area contributed by atoms with Gasteiger partial charge in [-0.1, -0.05) is 32.0 Å². The smallest absolute Gasteiger partial charge is 0.225 e. The predicted octanol–water partition coefficient (Wildman–Crippen LogP) is 3.58. The lowest BCUT2D eigenvalue weighted by atomic mass is 10.1. The van der Waals surface area contributed by atoms with Gasteiger partial charge in [-0.2, -0.15) is 10.2 Å². The first-order chi connectivity index (χ1) is 13.6. The first-order valence-corrected chi connectivity index (χ1v) is 9.04. The van der Waals surface area contributed by atoms with Crippen LogP contribution in [-0.2, 0) is 0 Å². The second-order valence-corrected chi connectivity index (χ2v) is 6.64. The van der Waals surface area contributed by atoms with Crippen molar-refractivity contribution in [2.45, 2.75) is 19.9 Å². The number of anilines is 3. The fourth-order valence-electron chi connectivity index (χ4n) is 2.64. The molecule has 3 N–H and O–H groups in total. The zero-order valence-corrected chi connectivity index (χ0v) is 15.8. The molecule has 7 nitrogen and oxygen atoms in total. The van der Waals surface area contributed by atoms with Gasteiger partial charge in [-0.15, -0.1) is 0 Å². The number of hydrogen-bond acceptors (Lipinski definition) is 7. The number of nitrogens with one attached hydrogen (secondary N) is 2. The third-order valence-electron chi connectivity index (χ3n) is 4.28. The molecular formula is C21H22N6O. The number of nitrogens with zero attached hydrogens (tertiary/aromatic N) is 4. The summed E-state index contributed by atoms with van der Waals surface area (Å²) in [6, 6.07) is 16.6. The van der Waals surface area contributed by atoms with Gasteiger partial charge in [0.15, 0.2) is 0 Å². The monoisotopic (exact) mass is 374 g/mol. The molecule has 2 heterocycles. The average molecular weight is 374 g/mol. The van der Waals surface area contributed by atoms with Crippen molar-refractivity contribution in [3.63, 3.8) is 0 Å². The zero-order valence-electron chi connectivity index (χ0n) is 15.8. The molecule has 3 aromatic rings. The van der Waals surface area contributed by atoms with Crippen molar-refractivity contribution in [2.24, 2.45) is 5.92 Å². The Kier molecular flexibility index (Phi) is 6.14. The Hall–Kier alpha value is -3.50. The summed E-state index contributed by atoms with van der Waals surface area (Å²) in [5.74, 6) is 1.11. The van der Waals surface area contributed by atoms with Crippen LogP contribution in [0.25, 0.3) is 11.4 Å². The van der Waals surface area contributed by atoms with E-state index in [1.807, 2.05) is 50.2 Å². The van der Waals surface area contributed by atoms with Gasteiger partial charge in [0.05, 0.1) is 35.3 Å². The van der Waals surface area contributed by atoms with Crippen molar-refractivity contribution in [1.82, 2.24) is 15.0 Å². The van der Waals surface area contributed by atoms with Crippen LogP contribution in [0.4, 0.5) is 17.5 Å². The molecule has 1 atom stereocenters. The minimum Gasteiger partial charge on any atom is -0.394 e. The summed E-state index contributed by atoms with van der Waals surface area (Å²) in [4.78, 5) is 13.4. The van der Waals surface area contributed by atoms with Crippen LogP contribution in [0.3, 0.4) is 0 Å². The van der Waals surface area contributed by atoms with Crippen molar-refractivity contribution in [1.29, 1.82) is 5.26 Å². The Bertz CT molecular complexity index is 968. The van der Waals surface area contributed by atoms with Crippen molar-refractivity contribution >= 4 is 17.5 Å². The third kappa shape index (κ3) is 4.61. The van der Waals surface area contributed by atoms with Crippen molar-refractivity contribution in [2.75, 3.05) is 17.2 Å². The molecule has 28 heavy (non-hydrogen) atoms. The van der Waals surface area contributed by atoms with Crippen LogP contribution in [0, 0.1) is 17.2 Å². The highest BCUT2D eigenvalue weighted by Gasteiger charge is 2.15. The van der Waals surface area contributed by atoms with Crippen LogP contribution in [0.2, 0.25) is 0 Å². The number of para-hydroxylation sites is 1. The van der Waals surface area contributed by atoms with Gasteiger partial charge in [0, 0.05) is 12.3 Å². The highest BCUT2D eigenvalue weighted by atomic mass is 16.3. The first kappa shape index (κ1) is 19.3. The van der Waals surface area contributed by atoms with Gasteiger partial charge in [-0.3, -0.25) is 4.98 Å². The Morgan fingerprint density at radius 1 is 1.07 bits per heavy atom. The van der Waals surface area contributed by atoms with Crippen LogP contribution in [-0.4, -0.2) is 32.7 Å². The fraction of sp³-hybridized carbons (Fsp3) is 0.238. The molecule has 0 saturated heterocycles.